The zero-order chi connectivity index (χ0) is 12.8. The second-order valence-corrected chi connectivity index (χ2v) is 4.40. The lowest BCUT2D eigenvalue weighted by atomic mass is 10.1. The van der Waals surface area contributed by atoms with E-state index in [0.717, 1.165) is 0 Å². The summed E-state index contributed by atoms with van der Waals surface area (Å²) >= 11 is 0. The average Bonchev–Trinajstić information content (AvgIpc) is 2.50. The van der Waals surface area contributed by atoms with Crippen molar-refractivity contribution in [2.75, 3.05) is 13.1 Å². The number of hydrogen-bond donors (Lipinski definition) is 1. The SMILES string of the molecule is CCNC(=O)CCCCN1C(=O)CC(C)C1=O. The van der Waals surface area contributed by atoms with Gasteiger partial charge in [-0.1, -0.05) is 6.92 Å². The van der Waals surface area contributed by atoms with E-state index in [1.165, 1.54) is 4.90 Å². The zero-order valence-electron chi connectivity index (χ0n) is 10.5. The fraction of sp³-hybridized carbons (Fsp3) is 0.750. The number of nitrogens with one attached hydrogen (secondary N) is 1. The first-order valence-electron chi connectivity index (χ1n) is 6.17. The monoisotopic (exact) mass is 240 g/mol. The minimum Gasteiger partial charge on any atom is -0.356 e. The summed E-state index contributed by atoms with van der Waals surface area (Å²) in [5.41, 5.74) is 0. The van der Waals surface area contributed by atoms with Crippen molar-refractivity contribution in [3.8, 4) is 0 Å². The standard InChI is InChI=1S/C12H20N2O3/c1-3-13-10(15)6-4-5-7-14-11(16)8-9(2)12(14)17/h9H,3-8H2,1-2H3,(H,13,15). The normalized spacial score (nSPS) is 19.9. The van der Waals surface area contributed by atoms with Gasteiger partial charge in [-0.25, -0.2) is 0 Å². The van der Waals surface area contributed by atoms with Crippen LogP contribution in [0.1, 0.15) is 39.5 Å². The van der Waals surface area contributed by atoms with Crippen molar-refractivity contribution in [3.63, 3.8) is 0 Å². The summed E-state index contributed by atoms with van der Waals surface area (Å²) in [6, 6.07) is 0. The Morgan fingerprint density at radius 2 is 2.12 bits per heavy atom. The lowest BCUT2D eigenvalue weighted by Gasteiger charge is -2.13. The van der Waals surface area contributed by atoms with E-state index < -0.39 is 0 Å². The topological polar surface area (TPSA) is 66.5 Å². The maximum absolute atomic E-state index is 11.6. The molecule has 5 heteroatoms. The number of hydrogen-bond acceptors (Lipinski definition) is 3. The molecule has 0 saturated carbocycles. The highest BCUT2D eigenvalue weighted by Gasteiger charge is 2.34. The zero-order valence-corrected chi connectivity index (χ0v) is 10.5. The van der Waals surface area contributed by atoms with E-state index in [4.69, 9.17) is 0 Å². The number of rotatable bonds is 6. The number of likely N-dealkylation sites (tertiary alicyclic amines) is 1. The number of carbonyl (C=O) groups is 3. The van der Waals surface area contributed by atoms with Gasteiger partial charge in [0, 0.05) is 31.8 Å². The first-order valence-corrected chi connectivity index (χ1v) is 6.17. The summed E-state index contributed by atoms with van der Waals surface area (Å²) in [4.78, 5) is 35.5. The van der Waals surface area contributed by atoms with Gasteiger partial charge < -0.3 is 5.32 Å². The summed E-state index contributed by atoms with van der Waals surface area (Å²) in [5, 5.41) is 2.71. The lowest BCUT2D eigenvalue weighted by molar-refractivity contribution is -0.139. The van der Waals surface area contributed by atoms with Crippen molar-refractivity contribution >= 4 is 17.7 Å². The molecule has 3 amide bonds. The Labute approximate surface area is 102 Å². The van der Waals surface area contributed by atoms with Crippen molar-refractivity contribution in [2.24, 2.45) is 5.92 Å². The molecule has 0 spiro atoms. The second kappa shape index (κ2) is 6.37. The van der Waals surface area contributed by atoms with Gasteiger partial charge in [0.2, 0.25) is 17.7 Å². The summed E-state index contributed by atoms with van der Waals surface area (Å²) in [6.07, 6.45) is 2.19. The van der Waals surface area contributed by atoms with Crippen LogP contribution in [0.5, 0.6) is 0 Å². The minimum atomic E-state index is -0.175. The molecule has 1 rings (SSSR count). The van der Waals surface area contributed by atoms with Crippen LogP contribution in [0.3, 0.4) is 0 Å². The molecule has 1 heterocycles. The molecule has 0 aromatic rings. The fourth-order valence-electron chi connectivity index (χ4n) is 1.92. The molecule has 0 aliphatic carbocycles. The van der Waals surface area contributed by atoms with E-state index in [-0.39, 0.29) is 23.6 Å². The van der Waals surface area contributed by atoms with Crippen molar-refractivity contribution in [2.45, 2.75) is 39.5 Å². The summed E-state index contributed by atoms with van der Waals surface area (Å²) in [7, 11) is 0. The van der Waals surface area contributed by atoms with Gasteiger partial charge >= 0.3 is 0 Å². The molecule has 0 radical (unpaired) electrons. The van der Waals surface area contributed by atoms with Crippen LogP contribution in [0.25, 0.3) is 0 Å². The van der Waals surface area contributed by atoms with Crippen LogP contribution in [-0.2, 0) is 14.4 Å². The van der Waals surface area contributed by atoms with Crippen molar-refractivity contribution < 1.29 is 14.4 Å². The van der Waals surface area contributed by atoms with Crippen molar-refractivity contribution in [3.05, 3.63) is 0 Å². The molecular weight excluding hydrogens is 220 g/mol. The number of nitrogens with zero attached hydrogens (tertiary/aromatic N) is 1. The molecule has 1 unspecified atom stereocenters. The van der Waals surface area contributed by atoms with Crippen molar-refractivity contribution in [1.29, 1.82) is 0 Å². The smallest absolute Gasteiger partial charge is 0.232 e. The van der Waals surface area contributed by atoms with E-state index in [1.807, 2.05) is 6.92 Å². The van der Waals surface area contributed by atoms with Gasteiger partial charge in [0.05, 0.1) is 0 Å². The molecule has 0 aromatic carbocycles. The molecule has 1 saturated heterocycles. The molecule has 0 aromatic heterocycles. The minimum absolute atomic E-state index is 0.0277. The average molecular weight is 240 g/mol. The van der Waals surface area contributed by atoms with Crippen LogP contribution in [0, 0.1) is 5.92 Å². The molecule has 1 N–H and O–H groups in total. The maximum Gasteiger partial charge on any atom is 0.232 e. The van der Waals surface area contributed by atoms with E-state index in [0.29, 0.717) is 38.8 Å². The van der Waals surface area contributed by atoms with Crippen LogP contribution in [-0.4, -0.2) is 35.7 Å². The molecule has 1 aliphatic heterocycles. The Bertz CT molecular complexity index is 315. The highest BCUT2D eigenvalue weighted by Crippen LogP contribution is 2.19. The second-order valence-electron chi connectivity index (χ2n) is 4.40. The molecule has 0 bridgehead atoms. The maximum atomic E-state index is 11.6. The Balaban J connectivity index is 2.21. The van der Waals surface area contributed by atoms with E-state index in [2.05, 4.69) is 5.32 Å². The summed E-state index contributed by atoms with van der Waals surface area (Å²) in [6.45, 7) is 4.73. The van der Waals surface area contributed by atoms with Gasteiger partial charge in [0.25, 0.3) is 0 Å². The van der Waals surface area contributed by atoms with E-state index in [9.17, 15) is 14.4 Å². The van der Waals surface area contributed by atoms with Crippen LogP contribution in [0.15, 0.2) is 0 Å². The summed E-state index contributed by atoms with van der Waals surface area (Å²) in [5.74, 6) is -0.306. The predicted octanol–water partition coefficient (Wildman–Crippen LogP) is 0.688. The Kier molecular flexibility index (Phi) is 5.12. The van der Waals surface area contributed by atoms with E-state index in [1.54, 1.807) is 6.92 Å². The third-order valence-electron chi connectivity index (χ3n) is 2.88. The molecule has 17 heavy (non-hydrogen) atoms. The van der Waals surface area contributed by atoms with Crippen molar-refractivity contribution in [1.82, 2.24) is 10.2 Å². The fourth-order valence-corrected chi connectivity index (χ4v) is 1.92. The predicted molar refractivity (Wildman–Crippen MR) is 63.0 cm³/mol. The van der Waals surface area contributed by atoms with Crippen LogP contribution < -0.4 is 5.32 Å². The molecule has 1 atom stereocenters. The first kappa shape index (κ1) is 13.7. The Morgan fingerprint density at radius 3 is 2.65 bits per heavy atom. The number of carbonyl (C=O) groups excluding carboxylic acids is 3. The highest BCUT2D eigenvalue weighted by molar-refractivity contribution is 6.03. The quantitative estimate of drug-likeness (QED) is 0.548. The van der Waals surface area contributed by atoms with Crippen LogP contribution in [0.2, 0.25) is 0 Å². The van der Waals surface area contributed by atoms with Gasteiger partial charge in [-0.2, -0.15) is 0 Å². The van der Waals surface area contributed by atoms with Crippen LogP contribution >= 0.6 is 0 Å². The van der Waals surface area contributed by atoms with Gasteiger partial charge in [-0.3, -0.25) is 19.3 Å². The van der Waals surface area contributed by atoms with Gasteiger partial charge in [0.1, 0.15) is 0 Å². The molecule has 1 aliphatic rings. The number of imide groups is 1. The number of unbranched alkanes of at least 4 members (excludes halogenated alkanes) is 1. The third-order valence-corrected chi connectivity index (χ3v) is 2.88. The molecular formula is C12H20N2O3. The Hall–Kier alpha value is -1.39. The third kappa shape index (κ3) is 3.84. The van der Waals surface area contributed by atoms with Gasteiger partial charge in [-0.15, -0.1) is 0 Å². The molecule has 96 valence electrons. The largest absolute Gasteiger partial charge is 0.356 e. The van der Waals surface area contributed by atoms with E-state index >= 15 is 0 Å². The first-order chi connectivity index (χ1) is 8.06. The molecule has 1 fully saturated rings. The highest BCUT2D eigenvalue weighted by atomic mass is 16.2. The Morgan fingerprint density at radius 1 is 1.41 bits per heavy atom. The lowest BCUT2D eigenvalue weighted by Crippen LogP contribution is -2.31. The summed E-state index contributed by atoms with van der Waals surface area (Å²) < 4.78 is 0. The number of amides is 3. The van der Waals surface area contributed by atoms with Gasteiger partial charge in [0.15, 0.2) is 0 Å². The molecule has 5 nitrogen and oxygen atoms in total. The van der Waals surface area contributed by atoms with Crippen LogP contribution in [0.4, 0.5) is 0 Å². The van der Waals surface area contributed by atoms with Gasteiger partial charge in [-0.05, 0) is 19.8 Å².